The van der Waals surface area contributed by atoms with Crippen LogP contribution in [0.1, 0.15) is 32.8 Å². The van der Waals surface area contributed by atoms with Gasteiger partial charge in [-0.1, -0.05) is 6.07 Å². The van der Waals surface area contributed by atoms with Crippen molar-refractivity contribution in [2.45, 2.75) is 45.4 Å². The second-order valence-electron chi connectivity index (χ2n) is 6.16. The molecular weight excluding hydrogens is 270 g/mol. The summed E-state index contributed by atoms with van der Waals surface area (Å²) in [5, 5.41) is 0. The Bertz CT molecular complexity index is 482. The first-order chi connectivity index (χ1) is 9.87. The average molecular weight is 293 g/mol. The first-order valence-corrected chi connectivity index (χ1v) is 7.17. The van der Waals surface area contributed by atoms with Crippen LogP contribution in [0.5, 0.6) is 5.88 Å². The fourth-order valence-corrected chi connectivity index (χ4v) is 2.09. The summed E-state index contributed by atoms with van der Waals surface area (Å²) in [6.07, 6.45) is 2.14. The van der Waals surface area contributed by atoms with Crippen LogP contribution in [0.3, 0.4) is 0 Å². The van der Waals surface area contributed by atoms with Gasteiger partial charge in [-0.3, -0.25) is 0 Å². The Morgan fingerprint density at radius 2 is 2.24 bits per heavy atom. The third-order valence-electron chi connectivity index (χ3n) is 3.12. The molecule has 1 saturated heterocycles. The van der Waals surface area contributed by atoms with Crippen LogP contribution in [0.4, 0.5) is 4.79 Å². The standard InChI is InChI=1S/C15H23N3O3/c1-15(2,3)21-14(19)18-7-6-12(10-18)20-13-5-4-11(8-16)9-17-13/h4-5,9,12H,6-8,10,16H2,1-3H3. The molecule has 0 radical (unpaired) electrons. The molecule has 1 atom stereocenters. The highest BCUT2D eigenvalue weighted by Crippen LogP contribution is 2.19. The van der Waals surface area contributed by atoms with Crippen molar-refractivity contribution in [1.29, 1.82) is 0 Å². The van der Waals surface area contributed by atoms with E-state index < -0.39 is 5.60 Å². The van der Waals surface area contributed by atoms with Crippen LogP contribution in [0.2, 0.25) is 0 Å². The number of aromatic nitrogens is 1. The lowest BCUT2D eigenvalue weighted by atomic mass is 10.2. The maximum atomic E-state index is 12.0. The third kappa shape index (κ3) is 4.60. The highest BCUT2D eigenvalue weighted by atomic mass is 16.6. The number of rotatable bonds is 3. The zero-order valence-corrected chi connectivity index (χ0v) is 12.8. The molecule has 2 rings (SSSR count). The van der Waals surface area contributed by atoms with Gasteiger partial charge in [-0.2, -0.15) is 0 Å². The number of nitrogens with zero attached hydrogens (tertiary/aromatic N) is 2. The van der Waals surface area contributed by atoms with Crippen molar-refractivity contribution in [3.8, 4) is 5.88 Å². The molecule has 1 aromatic heterocycles. The second kappa shape index (κ2) is 6.30. The normalized spacial score (nSPS) is 18.7. The van der Waals surface area contributed by atoms with Gasteiger partial charge in [-0.15, -0.1) is 0 Å². The number of nitrogens with two attached hydrogens (primary N) is 1. The van der Waals surface area contributed by atoms with Gasteiger partial charge in [-0.05, 0) is 26.3 Å². The third-order valence-corrected chi connectivity index (χ3v) is 3.12. The van der Waals surface area contributed by atoms with Gasteiger partial charge < -0.3 is 20.1 Å². The van der Waals surface area contributed by atoms with Gasteiger partial charge in [0.15, 0.2) is 0 Å². The number of carbonyl (C=O) groups is 1. The number of carbonyl (C=O) groups excluding carboxylic acids is 1. The van der Waals surface area contributed by atoms with Gasteiger partial charge in [0.1, 0.15) is 11.7 Å². The van der Waals surface area contributed by atoms with E-state index in [2.05, 4.69) is 4.98 Å². The van der Waals surface area contributed by atoms with Crippen LogP contribution in [0, 0.1) is 0 Å². The van der Waals surface area contributed by atoms with Gasteiger partial charge in [-0.25, -0.2) is 9.78 Å². The molecule has 1 fully saturated rings. The van der Waals surface area contributed by atoms with Crippen LogP contribution in [0.25, 0.3) is 0 Å². The maximum absolute atomic E-state index is 12.0. The average Bonchev–Trinajstić information content (AvgIpc) is 2.86. The molecule has 21 heavy (non-hydrogen) atoms. The molecular formula is C15H23N3O3. The van der Waals surface area contributed by atoms with Crippen molar-refractivity contribution in [2.75, 3.05) is 13.1 Å². The molecule has 0 saturated carbocycles. The molecule has 0 spiro atoms. The smallest absolute Gasteiger partial charge is 0.410 e. The molecule has 0 aliphatic carbocycles. The quantitative estimate of drug-likeness (QED) is 0.921. The molecule has 0 bridgehead atoms. The van der Waals surface area contributed by atoms with Crippen molar-refractivity contribution >= 4 is 6.09 Å². The highest BCUT2D eigenvalue weighted by molar-refractivity contribution is 5.68. The number of amides is 1. The summed E-state index contributed by atoms with van der Waals surface area (Å²) in [7, 11) is 0. The van der Waals surface area contributed by atoms with Gasteiger partial charge in [0.2, 0.25) is 5.88 Å². The Balaban J connectivity index is 1.86. The molecule has 1 aliphatic heterocycles. The molecule has 2 heterocycles. The second-order valence-corrected chi connectivity index (χ2v) is 6.16. The van der Waals surface area contributed by atoms with Gasteiger partial charge in [0.05, 0.1) is 6.54 Å². The molecule has 116 valence electrons. The van der Waals surface area contributed by atoms with Crippen LogP contribution in [0.15, 0.2) is 18.3 Å². The Morgan fingerprint density at radius 1 is 1.48 bits per heavy atom. The molecule has 0 aromatic carbocycles. The molecule has 6 nitrogen and oxygen atoms in total. The molecule has 1 aliphatic rings. The van der Waals surface area contributed by atoms with E-state index in [1.165, 1.54) is 0 Å². The van der Waals surface area contributed by atoms with E-state index in [0.29, 0.717) is 25.5 Å². The summed E-state index contributed by atoms with van der Waals surface area (Å²) in [4.78, 5) is 17.8. The fraction of sp³-hybridized carbons (Fsp3) is 0.600. The summed E-state index contributed by atoms with van der Waals surface area (Å²) < 4.78 is 11.1. The summed E-state index contributed by atoms with van der Waals surface area (Å²) in [6.45, 7) is 7.20. The van der Waals surface area contributed by atoms with Gasteiger partial charge >= 0.3 is 6.09 Å². The lowest BCUT2D eigenvalue weighted by Crippen LogP contribution is -2.36. The van der Waals surface area contributed by atoms with Gasteiger partial charge in [0, 0.05) is 31.8 Å². The largest absolute Gasteiger partial charge is 0.472 e. The van der Waals surface area contributed by atoms with Crippen molar-refractivity contribution in [3.63, 3.8) is 0 Å². The summed E-state index contributed by atoms with van der Waals surface area (Å²) in [5.74, 6) is 0.559. The summed E-state index contributed by atoms with van der Waals surface area (Å²) in [6, 6.07) is 3.70. The summed E-state index contributed by atoms with van der Waals surface area (Å²) >= 11 is 0. The van der Waals surface area contributed by atoms with Crippen LogP contribution < -0.4 is 10.5 Å². The molecule has 6 heteroatoms. The number of hydrogen-bond donors (Lipinski definition) is 1. The zero-order valence-electron chi connectivity index (χ0n) is 12.8. The molecule has 1 unspecified atom stereocenters. The summed E-state index contributed by atoms with van der Waals surface area (Å²) in [5.41, 5.74) is 6.01. The number of pyridine rings is 1. The minimum Gasteiger partial charge on any atom is -0.472 e. The van der Waals surface area contributed by atoms with E-state index in [0.717, 1.165) is 12.0 Å². The van der Waals surface area contributed by atoms with E-state index in [9.17, 15) is 4.79 Å². The molecule has 1 amide bonds. The lowest BCUT2D eigenvalue weighted by Gasteiger charge is -2.24. The van der Waals surface area contributed by atoms with Crippen LogP contribution in [-0.2, 0) is 11.3 Å². The maximum Gasteiger partial charge on any atom is 0.410 e. The van der Waals surface area contributed by atoms with E-state index >= 15 is 0 Å². The Hall–Kier alpha value is -1.82. The zero-order chi connectivity index (χ0) is 15.5. The Labute approximate surface area is 125 Å². The lowest BCUT2D eigenvalue weighted by molar-refractivity contribution is 0.0275. The minimum absolute atomic E-state index is 0.0475. The number of hydrogen-bond acceptors (Lipinski definition) is 5. The highest BCUT2D eigenvalue weighted by Gasteiger charge is 2.30. The van der Waals surface area contributed by atoms with Gasteiger partial charge in [0.25, 0.3) is 0 Å². The predicted octanol–water partition coefficient (Wildman–Crippen LogP) is 1.93. The first-order valence-electron chi connectivity index (χ1n) is 7.17. The first kappa shape index (κ1) is 15.6. The molecule has 2 N–H and O–H groups in total. The Morgan fingerprint density at radius 3 is 2.81 bits per heavy atom. The number of ether oxygens (including phenoxy) is 2. The van der Waals surface area contributed by atoms with Crippen LogP contribution in [-0.4, -0.2) is 40.8 Å². The number of likely N-dealkylation sites (tertiary alicyclic amines) is 1. The monoisotopic (exact) mass is 293 g/mol. The van der Waals surface area contributed by atoms with E-state index in [-0.39, 0.29) is 12.2 Å². The van der Waals surface area contributed by atoms with Crippen LogP contribution >= 0.6 is 0 Å². The fourth-order valence-electron chi connectivity index (χ4n) is 2.09. The molecule has 1 aromatic rings. The van der Waals surface area contributed by atoms with E-state index in [1.54, 1.807) is 17.2 Å². The van der Waals surface area contributed by atoms with Crippen molar-refractivity contribution in [3.05, 3.63) is 23.9 Å². The van der Waals surface area contributed by atoms with Crippen molar-refractivity contribution in [2.24, 2.45) is 5.73 Å². The predicted molar refractivity (Wildman–Crippen MR) is 79.0 cm³/mol. The Kier molecular flexibility index (Phi) is 4.67. The SMILES string of the molecule is CC(C)(C)OC(=O)N1CCC(Oc2ccc(CN)cn2)C1. The van der Waals surface area contributed by atoms with E-state index in [1.807, 2.05) is 26.8 Å². The van der Waals surface area contributed by atoms with Crippen molar-refractivity contribution in [1.82, 2.24) is 9.88 Å². The minimum atomic E-state index is -0.477. The van der Waals surface area contributed by atoms with Crippen molar-refractivity contribution < 1.29 is 14.3 Å². The van der Waals surface area contributed by atoms with E-state index in [4.69, 9.17) is 15.2 Å². The topological polar surface area (TPSA) is 77.7 Å².